The van der Waals surface area contributed by atoms with Gasteiger partial charge in [-0.2, -0.15) is 0 Å². The molecule has 1 amide bonds. The molecule has 1 fully saturated rings. The van der Waals surface area contributed by atoms with Gasteiger partial charge >= 0.3 is 0 Å². The fourth-order valence-electron chi connectivity index (χ4n) is 2.11. The number of sulfonamides is 1. The first kappa shape index (κ1) is 14.8. The first-order valence-corrected chi connectivity index (χ1v) is 8.34. The molecule has 2 rings (SSSR count). The van der Waals surface area contributed by atoms with Crippen molar-refractivity contribution in [2.75, 3.05) is 21.9 Å². The molecular formula is C14H20N2O3S. The van der Waals surface area contributed by atoms with E-state index in [0.717, 1.165) is 5.56 Å². The Morgan fingerprint density at radius 3 is 2.60 bits per heavy atom. The van der Waals surface area contributed by atoms with Gasteiger partial charge in [-0.05, 0) is 31.0 Å². The Morgan fingerprint density at radius 1 is 1.35 bits per heavy atom. The molecule has 1 heterocycles. The molecule has 110 valence electrons. The van der Waals surface area contributed by atoms with E-state index in [2.05, 4.69) is 5.32 Å². The summed E-state index contributed by atoms with van der Waals surface area (Å²) in [5.41, 5.74) is 2.20. The smallest absolute Gasteiger partial charge is 0.235 e. The second kappa shape index (κ2) is 5.44. The molecule has 1 aliphatic rings. The Hall–Kier alpha value is -1.56. The predicted molar refractivity (Wildman–Crippen MR) is 80.4 cm³/mol. The number of nitrogens with one attached hydrogen (secondary N) is 1. The summed E-state index contributed by atoms with van der Waals surface area (Å²) in [6, 6.07) is 5.35. The van der Waals surface area contributed by atoms with Crippen LogP contribution in [-0.4, -0.2) is 26.6 Å². The van der Waals surface area contributed by atoms with Crippen molar-refractivity contribution >= 4 is 27.3 Å². The fraction of sp³-hybridized carbons (Fsp3) is 0.500. The molecule has 0 unspecified atom stereocenters. The van der Waals surface area contributed by atoms with E-state index in [1.165, 1.54) is 4.31 Å². The minimum Gasteiger partial charge on any atom is -0.326 e. The van der Waals surface area contributed by atoms with E-state index >= 15 is 0 Å². The SMILES string of the molecule is Cc1ccc(N2CCCS2(=O)=O)cc1NC(=O)C(C)C. The standard InChI is InChI=1S/C14H20N2O3S/c1-10(2)14(17)15-13-9-12(6-5-11(13)3)16-7-4-8-20(16,18)19/h5-6,9-10H,4,7-8H2,1-3H3,(H,15,17). The molecule has 5 nitrogen and oxygen atoms in total. The lowest BCUT2D eigenvalue weighted by atomic mass is 10.1. The fourth-order valence-corrected chi connectivity index (χ4v) is 3.66. The van der Waals surface area contributed by atoms with Gasteiger partial charge in [0.15, 0.2) is 0 Å². The summed E-state index contributed by atoms with van der Waals surface area (Å²) in [6.07, 6.45) is 0.643. The normalized spacial score (nSPS) is 17.5. The molecule has 20 heavy (non-hydrogen) atoms. The van der Waals surface area contributed by atoms with Crippen molar-refractivity contribution in [1.82, 2.24) is 0 Å². The summed E-state index contributed by atoms with van der Waals surface area (Å²) >= 11 is 0. The van der Waals surface area contributed by atoms with E-state index in [4.69, 9.17) is 0 Å². The van der Waals surface area contributed by atoms with Gasteiger partial charge in [0.1, 0.15) is 0 Å². The summed E-state index contributed by atoms with van der Waals surface area (Å²) in [4.78, 5) is 11.8. The number of anilines is 2. The molecule has 0 radical (unpaired) electrons. The lowest BCUT2D eigenvalue weighted by Crippen LogP contribution is -2.25. The summed E-state index contributed by atoms with van der Waals surface area (Å²) in [6.45, 7) is 6.03. The number of hydrogen-bond acceptors (Lipinski definition) is 3. The van der Waals surface area contributed by atoms with Crippen molar-refractivity contribution in [2.24, 2.45) is 5.92 Å². The van der Waals surface area contributed by atoms with Crippen LogP contribution in [-0.2, 0) is 14.8 Å². The Bertz CT molecular complexity index is 623. The maximum absolute atomic E-state index is 11.9. The molecule has 1 saturated heterocycles. The monoisotopic (exact) mass is 296 g/mol. The highest BCUT2D eigenvalue weighted by Crippen LogP contribution is 2.28. The highest BCUT2D eigenvalue weighted by molar-refractivity contribution is 7.93. The Morgan fingerprint density at radius 2 is 2.05 bits per heavy atom. The van der Waals surface area contributed by atoms with Gasteiger partial charge in [0.2, 0.25) is 15.9 Å². The molecule has 0 atom stereocenters. The highest BCUT2D eigenvalue weighted by Gasteiger charge is 2.28. The Kier molecular flexibility index (Phi) is 4.04. The van der Waals surface area contributed by atoms with Gasteiger partial charge in [0, 0.05) is 18.2 Å². The van der Waals surface area contributed by atoms with Gasteiger partial charge in [-0.3, -0.25) is 9.10 Å². The largest absolute Gasteiger partial charge is 0.326 e. The lowest BCUT2D eigenvalue weighted by molar-refractivity contribution is -0.118. The highest BCUT2D eigenvalue weighted by atomic mass is 32.2. The molecule has 0 bridgehead atoms. The number of benzene rings is 1. The maximum Gasteiger partial charge on any atom is 0.235 e. The van der Waals surface area contributed by atoms with Gasteiger partial charge in [0.25, 0.3) is 0 Å². The predicted octanol–water partition coefficient (Wildman–Crippen LogP) is 2.13. The second-order valence-electron chi connectivity index (χ2n) is 5.38. The van der Waals surface area contributed by atoms with Crippen LogP contribution in [0.1, 0.15) is 25.8 Å². The van der Waals surface area contributed by atoms with E-state index < -0.39 is 10.0 Å². The summed E-state index contributed by atoms with van der Waals surface area (Å²) < 4.78 is 25.3. The van der Waals surface area contributed by atoms with Crippen LogP contribution in [0, 0.1) is 12.8 Å². The van der Waals surface area contributed by atoms with Crippen molar-refractivity contribution < 1.29 is 13.2 Å². The van der Waals surface area contributed by atoms with Gasteiger partial charge in [-0.15, -0.1) is 0 Å². The van der Waals surface area contributed by atoms with Crippen molar-refractivity contribution in [3.63, 3.8) is 0 Å². The number of amides is 1. The maximum atomic E-state index is 11.9. The number of hydrogen-bond donors (Lipinski definition) is 1. The quantitative estimate of drug-likeness (QED) is 0.929. The van der Waals surface area contributed by atoms with E-state index in [1.54, 1.807) is 12.1 Å². The number of carbonyl (C=O) groups excluding carboxylic acids is 1. The molecule has 1 aromatic carbocycles. The molecule has 6 heteroatoms. The summed E-state index contributed by atoms with van der Waals surface area (Å²) in [7, 11) is -3.19. The van der Waals surface area contributed by atoms with E-state index in [1.807, 2.05) is 26.8 Å². The zero-order valence-corrected chi connectivity index (χ0v) is 12.8. The molecule has 1 aromatic rings. The third kappa shape index (κ3) is 2.95. The molecule has 1 aliphatic heterocycles. The average molecular weight is 296 g/mol. The second-order valence-corrected chi connectivity index (χ2v) is 7.40. The van der Waals surface area contributed by atoms with E-state index in [-0.39, 0.29) is 17.6 Å². The van der Waals surface area contributed by atoms with Crippen LogP contribution in [0.2, 0.25) is 0 Å². The van der Waals surface area contributed by atoms with Crippen molar-refractivity contribution in [3.05, 3.63) is 23.8 Å². The molecular weight excluding hydrogens is 276 g/mol. The molecule has 1 N–H and O–H groups in total. The third-order valence-electron chi connectivity index (χ3n) is 3.39. The van der Waals surface area contributed by atoms with Crippen LogP contribution < -0.4 is 9.62 Å². The minimum atomic E-state index is -3.19. The first-order chi connectivity index (χ1) is 9.31. The molecule has 0 spiro atoms. The topological polar surface area (TPSA) is 66.5 Å². The van der Waals surface area contributed by atoms with Crippen LogP contribution in [0.5, 0.6) is 0 Å². The number of carbonyl (C=O) groups is 1. The first-order valence-electron chi connectivity index (χ1n) is 6.73. The van der Waals surface area contributed by atoms with Gasteiger partial charge in [-0.25, -0.2) is 8.42 Å². The molecule has 0 aliphatic carbocycles. The van der Waals surface area contributed by atoms with Crippen LogP contribution in [0.4, 0.5) is 11.4 Å². The number of rotatable bonds is 3. The average Bonchev–Trinajstić information content (AvgIpc) is 2.71. The Balaban J connectivity index is 2.32. The third-order valence-corrected chi connectivity index (χ3v) is 5.26. The van der Waals surface area contributed by atoms with Gasteiger partial charge in [0.05, 0.1) is 11.4 Å². The lowest BCUT2D eigenvalue weighted by Gasteiger charge is -2.19. The summed E-state index contributed by atoms with van der Waals surface area (Å²) in [5.74, 6) is -0.00252. The van der Waals surface area contributed by atoms with Crippen molar-refractivity contribution in [3.8, 4) is 0 Å². The van der Waals surface area contributed by atoms with Gasteiger partial charge in [-0.1, -0.05) is 19.9 Å². The van der Waals surface area contributed by atoms with Crippen LogP contribution in [0.3, 0.4) is 0 Å². The van der Waals surface area contributed by atoms with Crippen molar-refractivity contribution in [1.29, 1.82) is 0 Å². The van der Waals surface area contributed by atoms with Crippen molar-refractivity contribution in [2.45, 2.75) is 27.2 Å². The van der Waals surface area contributed by atoms with Gasteiger partial charge < -0.3 is 5.32 Å². The van der Waals surface area contributed by atoms with Crippen LogP contribution >= 0.6 is 0 Å². The zero-order chi connectivity index (χ0) is 14.9. The molecule has 0 saturated carbocycles. The van der Waals surface area contributed by atoms with Crippen LogP contribution in [0.15, 0.2) is 18.2 Å². The number of aryl methyl sites for hydroxylation is 1. The summed E-state index contributed by atoms with van der Waals surface area (Å²) in [5, 5.41) is 2.84. The van der Waals surface area contributed by atoms with E-state index in [0.29, 0.717) is 24.3 Å². The minimum absolute atomic E-state index is 0.0745. The van der Waals surface area contributed by atoms with Crippen LogP contribution in [0.25, 0.3) is 0 Å². The number of nitrogens with zero attached hydrogens (tertiary/aromatic N) is 1. The Labute approximate surface area is 120 Å². The van der Waals surface area contributed by atoms with E-state index in [9.17, 15) is 13.2 Å². The zero-order valence-electron chi connectivity index (χ0n) is 12.0. The molecule has 0 aromatic heterocycles.